The van der Waals surface area contributed by atoms with E-state index in [1.54, 1.807) is 12.1 Å². The summed E-state index contributed by atoms with van der Waals surface area (Å²) in [7, 11) is 4.27. The van der Waals surface area contributed by atoms with Crippen molar-refractivity contribution in [2.75, 3.05) is 41.2 Å². The fourth-order valence-corrected chi connectivity index (χ4v) is 4.30. The molecule has 220 valence electrons. The Kier molecular flexibility index (Phi) is 10.5. The van der Waals surface area contributed by atoms with E-state index in [4.69, 9.17) is 33.2 Å². The lowest BCUT2D eigenvalue weighted by atomic mass is 9.99. The van der Waals surface area contributed by atoms with Crippen molar-refractivity contribution in [3.8, 4) is 17.2 Å². The molecule has 0 unspecified atom stereocenters. The fraction of sp³-hybridized carbons (Fsp3) is 0.625. The number of hydrogen-bond acceptors (Lipinski definition) is 15. The third kappa shape index (κ3) is 6.28. The highest BCUT2D eigenvalue weighted by Crippen LogP contribution is 2.39. The average Bonchev–Trinajstić information content (AvgIpc) is 3.21. The molecule has 15 heteroatoms. The van der Waals surface area contributed by atoms with Gasteiger partial charge in [-0.05, 0) is 23.8 Å². The molecule has 0 aliphatic carbocycles. The first-order chi connectivity index (χ1) is 18.6. The van der Waals surface area contributed by atoms with E-state index < -0.39 is 80.6 Å². The molecule has 15 nitrogen and oxygen atoms in total. The first-order valence-corrected chi connectivity index (χ1v) is 11.8. The van der Waals surface area contributed by atoms with Crippen molar-refractivity contribution < 1.29 is 73.7 Å². The van der Waals surface area contributed by atoms with Gasteiger partial charge in [0.25, 0.3) is 0 Å². The summed E-state index contributed by atoms with van der Waals surface area (Å²) in [6.45, 7) is -2.59. The molecule has 0 radical (unpaired) electrons. The summed E-state index contributed by atoms with van der Waals surface area (Å²) in [5.74, 6) is -2.43. The third-order valence-electron chi connectivity index (χ3n) is 6.38. The topological polar surface area (TPSA) is 223 Å². The van der Waals surface area contributed by atoms with E-state index in [-0.39, 0.29) is 0 Å². The van der Waals surface area contributed by atoms with Crippen LogP contribution in [0.5, 0.6) is 17.2 Å². The molecule has 39 heavy (non-hydrogen) atoms. The lowest BCUT2D eigenvalue weighted by molar-refractivity contribution is -0.383. The van der Waals surface area contributed by atoms with Gasteiger partial charge in [-0.1, -0.05) is 0 Å². The van der Waals surface area contributed by atoms with Gasteiger partial charge in [0.05, 0.1) is 34.5 Å². The summed E-state index contributed by atoms with van der Waals surface area (Å²) in [4.78, 5) is 12.7. The molecule has 0 aromatic heterocycles. The average molecular weight is 563 g/mol. The number of rotatable bonds is 11. The van der Waals surface area contributed by atoms with Crippen LogP contribution in [0.2, 0.25) is 0 Å². The van der Waals surface area contributed by atoms with Crippen LogP contribution in [-0.2, 0) is 23.7 Å². The molecule has 9 atom stereocenters. The fourth-order valence-electron chi connectivity index (χ4n) is 4.30. The van der Waals surface area contributed by atoms with Crippen LogP contribution >= 0.6 is 0 Å². The van der Waals surface area contributed by atoms with Gasteiger partial charge in [0.15, 0.2) is 23.9 Å². The van der Waals surface area contributed by atoms with Crippen molar-refractivity contribution in [1.29, 1.82) is 0 Å². The minimum absolute atomic E-state index is 0.322. The van der Waals surface area contributed by atoms with E-state index in [1.165, 1.54) is 27.4 Å². The van der Waals surface area contributed by atoms with Gasteiger partial charge in [-0.2, -0.15) is 0 Å². The van der Waals surface area contributed by atoms with E-state index in [0.717, 1.165) is 6.08 Å². The molecule has 3 rings (SSSR count). The van der Waals surface area contributed by atoms with Crippen molar-refractivity contribution in [2.45, 2.75) is 54.8 Å². The van der Waals surface area contributed by atoms with Crippen LogP contribution in [0.1, 0.15) is 5.56 Å². The Hall–Kier alpha value is -2.57. The Morgan fingerprint density at radius 3 is 2.03 bits per heavy atom. The van der Waals surface area contributed by atoms with Crippen molar-refractivity contribution in [3.05, 3.63) is 23.8 Å². The number of methoxy groups -OCH3 is 3. The molecule has 1 aromatic carbocycles. The SMILES string of the molecule is COc1cc(/C=C/C(=O)O[C@H]2[C@H](O)[C@H](CO)O[C@]2(CO)O[C@H]2O[C@H](CO)[C@@H](O)[C@H](O)[C@H]2O)cc(OC)c1OC. The Bertz CT molecular complexity index is 975. The van der Waals surface area contributed by atoms with Crippen LogP contribution < -0.4 is 14.2 Å². The number of ether oxygens (including phenoxy) is 7. The van der Waals surface area contributed by atoms with Crippen molar-refractivity contribution >= 4 is 12.0 Å². The monoisotopic (exact) mass is 562 g/mol. The van der Waals surface area contributed by atoms with Crippen LogP contribution in [0.3, 0.4) is 0 Å². The molecule has 2 aliphatic rings. The first kappa shape index (κ1) is 31.0. The highest BCUT2D eigenvalue weighted by molar-refractivity contribution is 5.87. The lowest BCUT2D eigenvalue weighted by Crippen LogP contribution is -2.63. The highest BCUT2D eigenvalue weighted by atomic mass is 16.8. The molecule has 1 aromatic rings. The minimum Gasteiger partial charge on any atom is -0.493 e. The largest absolute Gasteiger partial charge is 0.493 e. The quantitative estimate of drug-likeness (QED) is 0.105. The molecule has 0 spiro atoms. The van der Waals surface area contributed by atoms with Gasteiger partial charge in [-0.25, -0.2) is 4.79 Å². The van der Waals surface area contributed by atoms with Crippen LogP contribution in [-0.4, -0.2) is 138 Å². The van der Waals surface area contributed by atoms with Crippen LogP contribution in [0.15, 0.2) is 18.2 Å². The molecular weight excluding hydrogens is 528 g/mol. The van der Waals surface area contributed by atoms with Crippen molar-refractivity contribution in [1.82, 2.24) is 0 Å². The van der Waals surface area contributed by atoms with Gasteiger partial charge in [-0.3, -0.25) is 0 Å². The Labute approximate surface area is 223 Å². The van der Waals surface area contributed by atoms with E-state index in [9.17, 15) is 40.5 Å². The third-order valence-corrected chi connectivity index (χ3v) is 6.38. The van der Waals surface area contributed by atoms with E-state index in [2.05, 4.69) is 0 Å². The predicted molar refractivity (Wildman–Crippen MR) is 128 cm³/mol. The molecule has 7 N–H and O–H groups in total. The molecule has 2 saturated heterocycles. The summed E-state index contributed by atoms with van der Waals surface area (Å²) in [6.07, 6.45) is -11.1. The Morgan fingerprint density at radius 2 is 1.51 bits per heavy atom. The maximum absolute atomic E-state index is 12.7. The standard InChI is InChI=1S/C24H34O15/c1-33-12-6-11(7-13(34-2)21(12)35-3)4-5-16(28)37-22-18(30)15(9-26)38-24(22,10-27)39-23-20(32)19(31)17(29)14(8-25)36-23/h4-7,14-15,17-20,22-23,25-27,29-32H,8-10H2,1-3H3/b5-4+/t14-,15+,17-,18-,19+,20-,22+,23-,24-/m1/s1. The number of esters is 1. The lowest BCUT2D eigenvalue weighted by Gasteiger charge is -2.43. The van der Waals surface area contributed by atoms with Gasteiger partial charge < -0.3 is 68.9 Å². The number of hydrogen-bond donors (Lipinski definition) is 7. The summed E-state index contributed by atoms with van der Waals surface area (Å²) in [6, 6.07) is 3.11. The van der Waals surface area contributed by atoms with E-state index in [0.29, 0.717) is 22.8 Å². The zero-order chi connectivity index (χ0) is 28.9. The van der Waals surface area contributed by atoms with Crippen molar-refractivity contribution in [3.63, 3.8) is 0 Å². The molecule has 2 heterocycles. The summed E-state index contributed by atoms with van der Waals surface area (Å²) in [5.41, 5.74) is 0.448. The predicted octanol–water partition coefficient (Wildman–Crippen LogP) is -3.11. The second-order valence-electron chi connectivity index (χ2n) is 8.76. The van der Waals surface area contributed by atoms with Gasteiger partial charge in [0, 0.05) is 6.08 Å². The molecule has 0 saturated carbocycles. The number of benzene rings is 1. The second-order valence-corrected chi connectivity index (χ2v) is 8.76. The van der Waals surface area contributed by atoms with Crippen LogP contribution in [0.25, 0.3) is 6.08 Å². The zero-order valence-corrected chi connectivity index (χ0v) is 21.4. The van der Waals surface area contributed by atoms with Crippen molar-refractivity contribution in [2.24, 2.45) is 0 Å². The number of carbonyl (C=O) groups excluding carboxylic acids is 1. The second kappa shape index (κ2) is 13.2. The Balaban J connectivity index is 1.84. The van der Waals surface area contributed by atoms with Gasteiger partial charge in [0.1, 0.15) is 43.2 Å². The van der Waals surface area contributed by atoms with Gasteiger partial charge in [0.2, 0.25) is 11.5 Å². The number of aliphatic hydroxyl groups excluding tert-OH is 7. The normalized spacial score (nSPS) is 34.7. The minimum atomic E-state index is -2.38. The summed E-state index contributed by atoms with van der Waals surface area (Å²) >= 11 is 0. The van der Waals surface area contributed by atoms with Crippen LogP contribution in [0.4, 0.5) is 0 Å². The molecular formula is C24H34O15. The Morgan fingerprint density at radius 1 is 0.897 bits per heavy atom. The summed E-state index contributed by atoms with van der Waals surface area (Å²) < 4.78 is 37.5. The number of aliphatic hydroxyl groups is 7. The number of carbonyl (C=O) groups is 1. The zero-order valence-electron chi connectivity index (χ0n) is 21.4. The maximum Gasteiger partial charge on any atom is 0.331 e. The first-order valence-electron chi connectivity index (χ1n) is 11.8. The molecule has 2 fully saturated rings. The van der Waals surface area contributed by atoms with Gasteiger partial charge >= 0.3 is 5.97 Å². The smallest absolute Gasteiger partial charge is 0.331 e. The molecule has 0 amide bonds. The van der Waals surface area contributed by atoms with E-state index in [1.807, 2.05) is 0 Å². The van der Waals surface area contributed by atoms with Gasteiger partial charge in [-0.15, -0.1) is 0 Å². The summed E-state index contributed by atoms with van der Waals surface area (Å²) in [5, 5.41) is 70.3. The highest BCUT2D eigenvalue weighted by Gasteiger charge is 2.60. The molecule has 0 bridgehead atoms. The maximum atomic E-state index is 12.7. The van der Waals surface area contributed by atoms with E-state index >= 15 is 0 Å². The van der Waals surface area contributed by atoms with Crippen LogP contribution in [0, 0.1) is 0 Å². The molecule has 2 aliphatic heterocycles.